The van der Waals surface area contributed by atoms with Gasteiger partial charge in [-0.1, -0.05) is 31.7 Å². The molecule has 7 heteroatoms. The normalized spacial score (nSPS) is 10.4. The lowest BCUT2D eigenvalue weighted by Gasteiger charge is -2.15. The maximum atomic E-state index is 11.7. The summed E-state index contributed by atoms with van der Waals surface area (Å²) in [5.74, 6) is 2.83. The molecular weight excluding hydrogens is 406 g/mol. The van der Waals surface area contributed by atoms with Gasteiger partial charge in [0.2, 0.25) is 11.9 Å². The van der Waals surface area contributed by atoms with Crippen molar-refractivity contribution in [3.63, 3.8) is 0 Å². The van der Waals surface area contributed by atoms with Crippen LogP contribution in [-0.2, 0) is 10.5 Å². The lowest BCUT2D eigenvalue weighted by Crippen LogP contribution is -2.08. The lowest BCUT2D eigenvalue weighted by atomic mass is 10.1. The van der Waals surface area contributed by atoms with Crippen LogP contribution in [0.3, 0.4) is 0 Å². The number of nitrogens with zero attached hydrogens (tertiary/aromatic N) is 2. The highest BCUT2D eigenvalue weighted by Crippen LogP contribution is 2.28. The highest BCUT2D eigenvalue weighted by atomic mass is 32.2. The summed E-state index contributed by atoms with van der Waals surface area (Å²) < 4.78 is 0. The van der Waals surface area contributed by atoms with Crippen LogP contribution >= 0.6 is 11.8 Å². The van der Waals surface area contributed by atoms with Crippen molar-refractivity contribution in [2.24, 2.45) is 0 Å². The van der Waals surface area contributed by atoms with E-state index in [2.05, 4.69) is 58.5 Å². The predicted molar refractivity (Wildman–Crippen MR) is 132 cm³/mol. The second-order valence-corrected chi connectivity index (χ2v) is 8.32. The first-order valence-corrected chi connectivity index (χ1v) is 11.2. The summed E-state index contributed by atoms with van der Waals surface area (Å²) in [4.78, 5) is 20.8. The highest BCUT2D eigenvalue weighted by Gasteiger charge is 2.10. The van der Waals surface area contributed by atoms with Crippen LogP contribution < -0.4 is 16.0 Å². The number of nitrogens with one attached hydrogen (secondary N) is 3. The van der Waals surface area contributed by atoms with E-state index >= 15 is 0 Å². The Hall–Kier alpha value is -3.32. The Bertz CT molecular complexity index is 1080. The molecule has 0 radical (unpaired) electrons. The Morgan fingerprint density at radius 2 is 1.97 bits per heavy atom. The van der Waals surface area contributed by atoms with E-state index in [1.165, 1.54) is 11.6 Å². The molecule has 3 rings (SSSR count). The van der Waals surface area contributed by atoms with Crippen LogP contribution in [-0.4, -0.2) is 21.6 Å². The summed E-state index contributed by atoms with van der Waals surface area (Å²) in [7, 11) is 0. The van der Waals surface area contributed by atoms with E-state index in [9.17, 15) is 4.79 Å². The SMILES string of the molecule is C=CC(=O)Nc1ccc(CSCC)c(Nc2ncc(C)c(Nc3cccc(C)c3)n2)c1. The van der Waals surface area contributed by atoms with Gasteiger partial charge in [-0.2, -0.15) is 16.7 Å². The van der Waals surface area contributed by atoms with Gasteiger partial charge in [0.05, 0.1) is 0 Å². The van der Waals surface area contributed by atoms with Crippen molar-refractivity contribution in [1.29, 1.82) is 0 Å². The molecule has 0 aliphatic rings. The molecule has 0 aliphatic carbocycles. The maximum absolute atomic E-state index is 11.7. The number of amides is 1. The highest BCUT2D eigenvalue weighted by molar-refractivity contribution is 7.98. The fourth-order valence-corrected chi connectivity index (χ4v) is 3.59. The summed E-state index contributed by atoms with van der Waals surface area (Å²) >= 11 is 1.82. The fraction of sp³-hybridized carbons (Fsp3) is 0.208. The zero-order valence-corrected chi connectivity index (χ0v) is 18.8. The van der Waals surface area contributed by atoms with Crippen molar-refractivity contribution in [1.82, 2.24) is 9.97 Å². The van der Waals surface area contributed by atoms with Crippen LogP contribution in [0.1, 0.15) is 23.6 Å². The van der Waals surface area contributed by atoms with Crippen molar-refractivity contribution in [3.05, 3.63) is 78.0 Å². The number of benzene rings is 2. The molecule has 0 bridgehead atoms. The average Bonchev–Trinajstić information content (AvgIpc) is 2.75. The maximum Gasteiger partial charge on any atom is 0.247 e. The molecule has 0 atom stereocenters. The molecule has 2 aromatic carbocycles. The second kappa shape index (κ2) is 10.6. The first kappa shape index (κ1) is 22.4. The van der Waals surface area contributed by atoms with E-state index in [0.29, 0.717) is 11.6 Å². The molecule has 1 heterocycles. The molecule has 1 aromatic heterocycles. The Morgan fingerprint density at radius 1 is 1.13 bits per heavy atom. The third-order valence-electron chi connectivity index (χ3n) is 4.52. The molecule has 1 amide bonds. The van der Waals surface area contributed by atoms with Crippen LogP contribution in [0.5, 0.6) is 0 Å². The van der Waals surface area contributed by atoms with E-state index in [0.717, 1.165) is 39.8 Å². The standard InChI is InChI=1S/C24H27N5OS/c1-5-22(30)26-20-11-10-18(15-31-6-2)21(13-20)28-24-25-14-17(4)23(29-24)27-19-9-7-8-16(3)12-19/h5,7-14H,1,6,15H2,2-4H3,(H,26,30)(H2,25,27,28,29). The van der Waals surface area contributed by atoms with Crippen LogP contribution in [0.4, 0.5) is 28.8 Å². The topological polar surface area (TPSA) is 78.9 Å². The molecule has 0 spiro atoms. The summed E-state index contributed by atoms with van der Waals surface area (Å²) in [5.41, 5.74) is 5.74. The van der Waals surface area contributed by atoms with Gasteiger partial charge < -0.3 is 16.0 Å². The smallest absolute Gasteiger partial charge is 0.247 e. The van der Waals surface area contributed by atoms with Crippen molar-refractivity contribution >= 4 is 46.5 Å². The number of thioether (sulfide) groups is 1. The van der Waals surface area contributed by atoms with Gasteiger partial charge in [-0.3, -0.25) is 4.79 Å². The van der Waals surface area contributed by atoms with Gasteiger partial charge >= 0.3 is 0 Å². The first-order chi connectivity index (χ1) is 15.0. The van der Waals surface area contributed by atoms with Gasteiger partial charge in [-0.15, -0.1) is 0 Å². The fourth-order valence-electron chi connectivity index (χ4n) is 2.91. The number of carbonyl (C=O) groups is 1. The average molecular weight is 434 g/mol. The quantitative estimate of drug-likeness (QED) is 0.362. The third-order valence-corrected chi connectivity index (χ3v) is 5.45. The predicted octanol–water partition coefficient (Wildman–Crippen LogP) is 5.96. The summed E-state index contributed by atoms with van der Waals surface area (Å²) in [5, 5.41) is 9.50. The minimum atomic E-state index is -0.252. The summed E-state index contributed by atoms with van der Waals surface area (Å²) in [6, 6.07) is 13.9. The van der Waals surface area contributed by atoms with Crippen LogP contribution in [0, 0.1) is 13.8 Å². The van der Waals surface area contributed by atoms with Crippen LogP contribution in [0.2, 0.25) is 0 Å². The number of hydrogen-bond donors (Lipinski definition) is 3. The Balaban J connectivity index is 1.88. The monoisotopic (exact) mass is 433 g/mol. The number of hydrogen-bond acceptors (Lipinski definition) is 6. The van der Waals surface area contributed by atoms with Gasteiger partial charge in [0.15, 0.2) is 0 Å². The Morgan fingerprint density at radius 3 is 2.71 bits per heavy atom. The van der Waals surface area contributed by atoms with Crippen molar-refractivity contribution in [2.45, 2.75) is 26.5 Å². The van der Waals surface area contributed by atoms with E-state index in [-0.39, 0.29) is 5.91 Å². The molecule has 0 saturated heterocycles. The summed E-state index contributed by atoms with van der Waals surface area (Å²) in [6.07, 6.45) is 3.04. The molecule has 0 saturated carbocycles. The van der Waals surface area contributed by atoms with E-state index in [1.54, 1.807) is 6.20 Å². The zero-order chi connectivity index (χ0) is 22.2. The van der Waals surface area contributed by atoms with E-state index in [4.69, 9.17) is 0 Å². The number of aryl methyl sites for hydroxylation is 2. The number of anilines is 5. The molecule has 3 aromatic rings. The molecular formula is C24H27N5OS. The third kappa shape index (κ3) is 6.33. The zero-order valence-electron chi connectivity index (χ0n) is 18.0. The number of aromatic nitrogens is 2. The molecule has 31 heavy (non-hydrogen) atoms. The van der Waals surface area contributed by atoms with E-state index < -0.39 is 0 Å². The molecule has 3 N–H and O–H groups in total. The largest absolute Gasteiger partial charge is 0.340 e. The first-order valence-electron chi connectivity index (χ1n) is 10.1. The van der Waals surface area contributed by atoms with Gasteiger partial charge in [0.25, 0.3) is 0 Å². The number of rotatable bonds is 9. The second-order valence-electron chi connectivity index (χ2n) is 7.05. The lowest BCUT2D eigenvalue weighted by molar-refractivity contribution is -0.111. The molecule has 6 nitrogen and oxygen atoms in total. The van der Waals surface area contributed by atoms with Gasteiger partial charge in [0, 0.05) is 34.6 Å². The van der Waals surface area contributed by atoms with Crippen LogP contribution in [0.25, 0.3) is 0 Å². The van der Waals surface area contributed by atoms with Crippen molar-refractivity contribution < 1.29 is 4.79 Å². The number of carbonyl (C=O) groups excluding carboxylic acids is 1. The summed E-state index contributed by atoms with van der Waals surface area (Å²) in [6.45, 7) is 9.66. The minimum Gasteiger partial charge on any atom is -0.340 e. The Kier molecular flexibility index (Phi) is 7.67. The molecule has 0 fully saturated rings. The minimum absolute atomic E-state index is 0.252. The van der Waals surface area contributed by atoms with Gasteiger partial charge in [0.1, 0.15) is 5.82 Å². The molecule has 0 aliphatic heterocycles. The van der Waals surface area contributed by atoms with Crippen LogP contribution in [0.15, 0.2) is 61.3 Å². The van der Waals surface area contributed by atoms with Crippen molar-refractivity contribution in [3.8, 4) is 0 Å². The van der Waals surface area contributed by atoms with Gasteiger partial charge in [-0.05, 0) is 61.1 Å². The Labute approximate surface area is 187 Å². The van der Waals surface area contributed by atoms with E-state index in [1.807, 2.05) is 49.0 Å². The van der Waals surface area contributed by atoms with Crippen molar-refractivity contribution in [2.75, 3.05) is 21.7 Å². The molecule has 160 valence electrons. The molecule has 0 unspecified atom stereocenters. The van der Waals surface area contributed by atoms with Gasteiger partial charge in [-0.25, -0.2) is 4.98 Å².